The first-order valence-electron chi connectivity index (χ1n) is 30.8. The lowest BCUT2D eigenvalue weighted by Gasteiger charge is -2.41. The topological polar surface area (TPSA) is 192 Å². The Balaban J connectivity index is 2.25. The van der Waals surface area contributed by atoms with Crippen LogP contribution in [-0.2, 0) is 27.9 Å². The van der Waals surface area contributed by atoms with Crippen molar-refractivity contribution >= 4 is 13.8 Å². The molecule has 6 N–H and O–H groups in total. The SMILES string of the molecule is CCCCCCC/C=C\C/C=C\C/C=C\CCCCCCCCCCC(=O)OC(COCCCCCCCCCCCCCCCCCCCCCCCCCC)COP(=O)(O)OC1C(O)C(O)C(O)C(O)C1O. The smallest absolute Gasteiger partial charge is 0.457 e. The first kappa shape index (κ1) is 70.6. The fourth-order valence-electron chi connectivity index (χ4n) is 9.66. The highest BCUT2D eigenvalue weighted by Gasteiger charge is 2.51. The van der Waals surface area contributed by atoms with Gasteiger partial charge < -0.3 is 39.9 Å². The Morgan fingerprint density at radius 3 is 1.15 bits per heavy atom. The molecule has 0 spiro atoms. The molecule has 1 rings (SSSR count). The molecule has 0 aliphatic heterocycles. The van der Waals surface area contributed by atoms with E-state index < -0.39 is 63.1 Å². The molecule has 13 heteroatoms. The Bertz CT molecular complexity index is 1360. The van der Waals surface area contributed by atoms with Gasteiger partial charge in [-0.05, 0) is 51.4 Å². The van der Waals surface area contributed by atoms with Crippen molar-refractivity contribution in [2.45, 2.75) is 326 Å². The number of carbonyl (C=O) groups excluding carboxylic acids is 1. The quantitative estimate of drug-likeness (QED) is 0.0146. The van der Waals surface area contributed by atoms with Crippen molar-refractivity contribution in [3.8, 4) is 0 Å². The minimum Gasteiger partial charge on any atom is -0.457 e. The summed E-state index contributed by atoms with van der Waals surface area (Å²) in [5.41, 5.74) is 0. The number of aliphatic hydroxyl groups excluding tert-OH is 5. The van der Waals surface area contributed by atoms with Crippen LogP contribution in [-0.4, -0.2) is 98.9 Å². The fraction of sp³-hybridized carbons (Fsp3) is 0.885. The van der Waals surface area contributed by atoms with Gasteiger partial charge in [0.05, 0.1) is 13.2 Å². The Labute approximate surface area is 452 Å². The van der Waals surface area contributed by atoms with Crippen molar-refractivity contribution in [3.63, 3.8) is 0 Å². The van der Waals surface area contributed by atoms with E-state index >= 15 is 0 Å². The van der Waals surface area contributed by atoms with Crippen LogP contribution < -0.4 is 0 Å². The average Bonchev–Trinajstić information content (AvgIpc) is 3.39. The molecule has 0 amide bonds. The zero-order valence-electron chi connectivity index (χ0n) is 47.4. The molecule has 6 unspecified atom stereocenters. The van der Waals surface area contributed by atoms with E-state index in [1.54, 1.807) is 0 Å². The number of hydrogen-bond donors (Lipinski definition) is 6. The summed E-state index contributed by atoms with van der Waals surface area (Å²) in [7, 11) is -5.03. The van der Waals surface area contributed by atoms with Gasteiger partial charge in [0.15, 0.2) is 0 Å². The molecule has 0 radical (unpaired) electrons. The summed E-state index contributed by atoms with van der Waals surface area (Å²) >= 11 is 0. The number of aliphatic hydroxyl groups is 5. The van der Waals surface area contributed by atoms with E-state index in [0.717, 1.165) is 64.2 Å². The summed E-state index contributed by atoms with van der Waals surface area (Å²) in [5.74, 6) is -0.479. The Morgan fingerprint density at radius 2 is 0.757 bits per heavy atom. The van der Waals surface area contributed by atoms with Crippen molar-refractivity contribution in [1.82, 2.24) is 0 Å². The van der Waals surface area contributed by atoms with Crippen molar-refractivity contribution < 1.29 is 58.3 Å². The maximum Gasteiger partial charge on any atom is 0.472 e. The third kappa shape index (κ3) is 41.6. The lowest BCUT2D eigenvalue weighted by molar-refractivity contribution is -0.220. The molecule has 6 atom stereocenters. The number of allylic oxidation sites excluding steroid dienone is 6. The molecule has 0 aromatic heterocycles. The largest absolute Gasteiger partial charge is 0.472 e. The highest BCUT2D eigenvalue weighted by molar-refractivity contribution is 7.47. The maximum atomic E-state index is 12.9. The van der Waals surface area contributed by atoms with Crippen LogP contribution in [0.5, 0.6) is 0 Å². The van der Waals surface area contributed by atoms with Crippen LogP contribution in [0.1, 0.15) is 284 Å². The van der Waals surface area contributed by atoms with Crippen LogP contribution in [0.25, 0.3) is 0 Å². The minimum absolute atomic E-state index is 0.0759. The van der Waals surface area contributed by atoms with Crippen molar-refractivity contribution in [2.24, 2.45) is 0 Å². The molecular formula is C61H115O12P. The molecule has 1 saturated carbocycles. The first-order chi connectivity index (χ1) is 36.0. The number of phosphoric acid groups is 1. The molecule has 0 aromatic carbocycles. The predicted octanol–water partition coefficient (Wildman–Crippen LogP) is 15.3. The normalized spacial score (nSPS) is 20.6. The first-order valence-corrected chi connectivity index (χ1v) is 32.3. The third-order valence-electron chi connectivity index (χ3n) is 14.5. The number of hydrogen-bond acceptors (Lipinski definition) is 11. The van der Waals surface area contributed by atoms with Gasteiger partial charge in [0.2, 0.25) is 0 Å². The lowest BCUT2D eigenvalue weighted by Crippen LogP contribution is -2.64. The highest BCUT2D eigenvalue weighted by atomic mass is 31.2. The van der Waals surface area contributed by atoms with Crippen molar-refractivity contribution in [2.75, 3.05) is 19.8 Å². The van der Waals surface area contributed by atoms with Crippen molar-refractivity contribution in [1.29, 1.82) is 0 Å². The monoisotopic (exact) mass is 1070 g/mol. The summed E-state index contributed by atoms with van der Waals surface area (Å²) in [5, 5.41) is 50.5. The Hall–Kier alpha value is -1.44. The molecule has 0 saturated heterocycles. The number of phosphoric ester groups is 1. The molecular weight excluding hydrogens is 956 g/mol. The molecule has 74 heavy (non-hydrogen) atoms. The Kier molecular flexibility index (Phi) is 48.7. The van der Waals surface area contributed by atoms with Crippen LogP contribution in [0.3, 0.4) is 0 Å². The fourth-order valence-corrected chi connectivity index (χ4v) is 10.6. The summed E-state index contributed by atoms with van der Waals surface area (Å²) in [6, 6.07) is 0. The van der Waals surface area contributed by atoms with E-state index in [1.807, 2.05) is 0 Å². The number of carbonyl (C=O) groups is 1. The van der Waals surface area contributed by atoms with Gasteiger partial charge in [-0.1, -0.05) is 262 Å². The molecule has 0 bridgehead atoms. The van der Waals surface area contributed by atoms with Gasteiger partial charge in [0.25, 0.3) is 0 Å². The van der Waals surface area contributed by atoms with Crippen LogP contribution in [0.2, 0.25) is 0 Å². The second kappa shape index (κ2) is 51.0. The van der Waals surface area contributed by atoms with Crippen molar-refractivity contribution in [3.05, 3.63) is 36.5 Å². The lowest BCUT2D eigenvalue weighted by atomic mass is 9.85. The van der Waals surface area contributed by atoms with Gasteiger partial charge in [0, 0.05) is 13.0 Å². The van der Waals surface area contributed by atoms with E-state index in [2.05, 4.69) is 50.3 Å². The summed E-state index contributed by atoms with van der Waals surface area (Å²) < 4.78 is 34.5. The molecule has 436 valence electrons. The minimum atomic E-state index is -5.03. The van der Waals surface area contributed by atoms with Crippen LogP contribution >= 0.6 is 7.82 Å². The number of unbranched alkanes of at least 4 members (excludes halogenated alkanes) is 36. The molecule has 1 aliphatic carbocycles. The third-order valence-corrected chi connectivity index (χ3v) is 15.5. The summed E-state index contributed by atoms with van der Waals surface area (Å²) in [4.78, 5) is 23.4. The number of esters is 1. The average molecular weight is 1070 g/mol. The molecule has 0 aromatic rings. The van der Waals surface area contributed by atoms with Crippen LogP contribution in [0.15, 0.2) is 36.5 Å². The van der Waals surface area contributed by atoms with E-state index in [0.29, 0.717) is 13.0 Å². The molecule has 12 nitrogen and oxygen atoms in total. The standard InChI is InChI=1S/C61H115O12P/c1-3-5-7-9-11-13-15-17-19-21-23-25-27-29-31-33-35-37-39-41-43-45-47-49-51-70-52-54(53-71-74(68,69)73-61-59(66)57(64)56(63)58(65)60(61)67)72-55(62)50-48-46-44-42-40-38-36-34-32-30-28-26-24-22-20-18-16-14-12-10-8-6-4-2/h16,18,22,24,28,30,54,56-61,63-67H,3-15,17,19-21,23,25-27,29,31-53H2,1-2H3,(H,68,69)/b18-16-,24-22-,30-28-. The highest BCUT2D eigenvalue weighted by Crippen LogP contribution is 2.47. The predicted molar refractivity (Wildman–Crippen MR) is 304 cm³/mol. The van der Waals surface area contributed by atoms with Gasteiger partial charge in [-0.2, -0.15) is 0 Å². The summed E-state index contributed by atoms with van der Waals surface area (Å²) in [6.07, 6.45) is 52.2. The van der Waals surface area contributed by atoms with Gasteiger partial charge >= 0.3 is 13.8 Å². The zero-order valence-corrected chi connectivity index (χ0v) is 48.3. The van der Waals surface area contributed by atoms with Crippen LogP contribution in [0.4, 0.5) is 0 Å². The van der Waals surface area contributed by atoms with E-state index in [1.165, 1.54) is 193 Å². The van der Waals surface area contributed by atoms with Crippen LogP contribution in [0, 0.1) is 0 Å². The molecule has 1 aliphatic rings. The van der Waals surface area contributed by atoms with E-state index in [9.17, 15) is 39.8 Å². The summed E-state index contributed by atoms with van der Waals surface area (Å²) in [6.45, 7) is 4.31. The maximum absolute atomic E-state index is 12.9. The zero-order chi connectivity index (χ0) is 54.0. The van der Waals surface area contributed by atoms with Gasteiger partial charge in [0.1, 0.15) is 42.7 Å². The number of rotatable bonds is 54. The van der Waals surface area contributed by atoms with E-state index in [4.69, 9.17) is 18.5 Å². The Morgan fingerprint density at radius 1 is 0.432 bits per heavy atom. The molecule has 1 fully saturated rings. The number of ether oxygens (including phenoxy) is 2. The van der Waals surface area contributed by atoms with Gasteiger partial charge in [-0.25, -0.2) is 4.57 Å². The van der Waals surface area contributed by atoms with E-state index in [-0.39, 0.29) is 13.0 Å². The second-order valence-corrected chi connectivity index (χ2v) is 23.0. The van der Waals surface area contributed by atoms with Gasteiger partial charge in [-0.3, -0.25) is 13.8 Å². The second-order valence-electron chi connectivity index (χ2n) is 21.6. The van der Waals surface area contributed by atoms with Gasteiger partial charge in [-0.15, -0.1) is 0 Å². The molecule has 0 heterocycles.